The summed E-state index contributed by atoms with van der Waals surface area (Å²) in [5.74, 6) is -0.886. The van der Waals surface area contributed by atoms with Gasteiger partial charge in [0.1, 0.15) is 0 Å². The molecular weight excluding hydrogens is 342 g/mol. The Hall–Kier alpha value is -3.15. The average Bonchev–Trinajstić information content (AvgIpc) is 3.05. The van der Waals surface area contributed by atoms with Crippen molar-refractivity contribution in [1.29, 1.82) is 0 Å². The van der Waals surface area contributed by atoms with Crippen LogP contribution in [0.5, 0.6) is 0 Å². The van der Waals surface area contributed by atoms with Gasteiger partial charge < -0.3 is 15.5 Å². The molecule has 0 aliphatic carbocycles. The van der Waals surface area contributed by atoms with Gasteiger partial charge in [0.2, 0.25) is 11.8 Å². The first kappa shape index (κ1) is 18.6. The van der Waals surface area contributed by atoms with Crippen molar-refractivity contribution in [2.75, 3.05) is 23.3 Å². The molecule has 6 nitrogen and oxygen atoms in total. The second kappa shape index (κ2) is 8.03. The van der Waals surface area contributed by atoms with Gasteiger partial charge in [-0.3, -0.25) is 14.4 Å². The van der Waals surface area contributed by atoms with Crippen LogP contribution < -0.4 is 15.5 Å². The molecule has 2 N–H and O–H groups in total. The maximum atomic E-state index is 12.6. The van der Waals surface area contributed by atoms with Crippen molar-refractivity contribution in [3.8, 4) is 0 Å². The van der Waals surface area contributed by atoms with Crippen molar-refractivity contribution in [2.45, 2.75) is 20.3 Å². The predicted octanol–water partition coefficient (Wildman–Crippen LogP) is 2.74. The number of hydrogen-bond acceptors (Lipinski definition) is 3. The van der Waals surface area contributed by atoms with E-state index in [-0.39, 0.29) is 24.1 Å². The van der Waals surface area contributed by atoms with Crippen molar-refractivity contribution >= 4 is 29.1 Å². The van der Waals surface area contributed by atoms with Gasteiger partial charge in [-0.15, -0.1) is 0 Å². The van der Waals surface area contributed by atoms with Crippen LogP contribution in [0.3, 0.4) is 0 Å². The van der Waals surface area contributed by atoms with Crippen LogP contribution in [0.1, 0.15) is 29.3 Å². The third-order valence-corrected chi connectivity index (χ3v) is 4.57. The molecule has 0 bridgehead atoms. The minimum absolute atomic E-state index is 0.0601. The number of carbonyl (C=O) groups excluding carboxylic acids is 3. The van der Waals surface area contributed by atoms with E-state index in [1.165, 1.54) is 0 Å². The van der Waals surface area contributed by atoms with Gasteiger partial charge >= 0.3 is 0 Å². The number of benzene rings is 2. The van der Waals surface area contributed by atoms with Crippen LogP contribution in [-0.2, 0) is 9.59 Å². The van der Waals surface area contributed by atoms with Crippen LogP contribution in [0.25, 0.3) is 0 Å². The van der Waals surface area contributed by atoms with Gasteiger partial charge in [-0.1, -0.05) is 23.8 Å². The van der Waals surface area contributed by atoms with E-state index in [4.69, 9.17) is 0 Å². The Balaban J connectivity index is 1.67. The Kier molecular flexibility index (Phi) is 5.54. The standard InChI is InChI=1S/C21H23N3O3/c1-3-22-20(26)15-5-4-6-17(11-15)23-21(27)16-12-19(25)24(13-16)18-9-7-14(2)8-10-18/h4-11,16H,3,12-13H2,1-2H3,(H,22,26)(H,23,27). The quantitative estimate of drug-likeness (QED) is 0.855. The van der Waals surface area contributed by atoms with Crippen LogP contribution in [-0.4, -0.2) is 30.8 Å². The molecule has 2 aromatic rings. The van der Waals surface area contributed by atoms with Crippen LogP contribution >= 0.6 is 0 Å². The van der Waals surface area contributed by atoms with Gasteiger partial charge in [-0.05, 0) is 44.2 Å². The molecule has 1 unspecified atom stereocenters. The summed E-state index contributed by atoms with van der Waals surface area (Å²) in [4.78, 5) is 38.5. The molecule has 0 spiro atoms. The number of carbonyl (C=O) groups is 3. The summed E-state index contributed by atoms with van der Waals surface area (Å²) in [6, 6.07) is 14.5. The van der Waals surface area contributed by atoms with E-state index < -0.39 is 5.92 Å². The number of amides is 3. The average molecular weight is 365 g/mol. The largest absolute Gasteiger partial charge is 0.352 e. The lowest BCUT2D eigenvalue weighted by Crippen LogP contribution is -2.28. The molecule has 1 aliphatic heterocycles. The number of rotatable bonds is 5. The van der Waals surface area contributed by atoms with Crippen molar-refractivity contribution in [1.82, 2.24) is 5.32 Å². The zero-order valence-electron chi connectivity index (χ0n) is 15.5. The van der Waals surface area contributed by atoms with Crippen molar-refractivity contribution in [2.24, 2.45) is 5.92 Å². The van der Waals surface area contributed by atoms with Crippen LogP contribution in [0.4, 0.5) is 11.4 Å². The molecule has 6 heteroatoms. The van der Waals surface area contributed by atoms with Crippen LogP contribution in [0.2, 0.25) is 0 Å². The SMILES string of the molecule is CCNC(=O)c1cccc(NC(=O)C2CC(=O)N(c3ccc(C)cc3)C2)c1. The molecule has 3 amide bonds. The third kappa shape index (κ3) is 4.34. The van der Waals surface area contributed by atoms with Gasteiger partial charge in [-0.25, -0.2) is 0 Å². The first-order valence-corrected chi connectivity index (χ1v) is 9.04. The summed E-state index contributed by atoms with van der Waals surface area (Å²) in [5, 5.41) is 5.55. The number of nitrogens with zero attached hydrogens (tertiary/aromatic N) is 1. The predicted molar refractivity (Wildman–Crippen MR) is 105 cm³/mol. The Labute approximate surface area is 158 Å². The summed E-state index contributed by atoms with van der Waals surface area (Å²) in [6.07, 6.45) is 0.176. The summed E-state index contributed by atoms with van der Waals surface area (Å²) < 4.78 is 0. The van der Waals surface area contributed by atoms with Gasteiger partial charge in [-0.2, -0.15) is 0 Å². The lowest BCUT2D eigenvalue weighted by molar-refractivity contribution is -0.122. The second-order valence-electron chi connectivity index (χ2n) is 6.67. The Bertz CT molecular complexity index is 861. The van der Waals surface area contributed by atoms with E-state index in [2.05, 4.69) is 10.6 Å². The molecule has 1 saturated heterocycles. The molecule has 1 heterocycles. The van der Waals surface area contributed by atoms with E-state index in [1.807, 2.05) is 38.1 Å². The number of anilines is 2. The maximum Gasteiger partial charge on any atom is 0.251 e. The van der Waals surface area contributed by atoms with Crippen molar-refractivity contribution in [3.05, 3.63) is 59.7 Å². The molecule has 140 valence electrons. The highest BCUT2D eigenvalue weighted by Crippen LogP contribution is 2.26. The molecule has 2 aromatic carbocycles. The molecular formula is C21H23N3O3. The second-order valence-corrected chi connectivity index (χ2v) is 6.67. The van der Waals surface area contributed by atoms with Crippen LogP contribution in [0.15, 0.2) is 48.5 Å². The highest BCUT2D eigenvalue weighted by molar-refractivity contribution is 6.04. The summed E-state index contributed by atoms with van der Waals surface area (Å²) in [5.41, 5.74) is 2.95. The number of aryl methyl sites for hydroxylation is 1. The Morgan fingerprint density at radius 2 is 1.89 bits per heavy atom. The fourth-order valence-electron chi connectivity index (χ4n) is 3.10. The molecule has 0 aromatic heterocycles. The molecule has 0 saturated carbocycles. The summed E-state index contributed by atoms with van der Waals surface area (Å²) >= 11 is 0. The van der Waals surface area contributed by atoms with E-state index in [0.717, 1.165) is 11.3 Å². The van der Waals surface area contributed by atoms with Crippen molar-refractivity contribution < 1.29 is 14.4 Å². The van der Waals surface area contributed by atoms with Gasteiger partial charge in [0.05, 0.1) is 5.92 Å². The number of nitrogens with one attached hydrogen (secondary N) is 2. The zero-order valence-corrected chi connectivity index (χ0v) is 15.5. The van der Waals surface area contributed by atoms with Gasteiger partial charge in [0.25, 0.3) is 5.91 Å². The lowest BCUT2D eigenvalue weighted by Gasteiger charge is -2.17. The topological polar surface area (TPSA) is 78.5 Å². The smallest absolute Gasteiger partial charge is 0.251 e. The molecule has 27 heavy (non-hydrogen) atoms. The molecule has 3 rings (SSSR count). The minimum Gasteiger partial charge on any atom is -0.352 e. The van der Waals surface area contributed by atoms with E-state index in [9.17, 15) is 14.4 Å². The van der Waals surface area contributed by atoms with Crippen molar-refractivity contribution in [3.63, 3.8) is 0 Å². The highest BCUT2D eigenvalue weighted by Gasteiger charge is 2.35. The van der Waals surface area contributed by atoms with Crippen LogP contribution in [0, 0.1) is 12.8 Å². The molecule has 1 atom stereocenters. The minimum atomic E-state index is -0.424. The van der Waals surface area contributed by atoms with E-state index in [1.54, 1.807) is 29.2 Å². The number of hydrogen-bond donors (Lipinski definition) is 2. The monoisotopic (exact) mass is 365 g/mol. The highest BCUT2D eigenvalue weighted by atomic mass is 16.2. The van der Waals surface area contributed by atoms with E-state index >= 15 is 0 Å². The molecule has 1 aliphatic rings. The zero-order chi connectivity index (χ0) is 19.4. The first-order valence-electron chi connectivity index (χ1n) is 9.04. The first-order chi connectivity index (χ1) is 13.0. The fraction of sp³-hybridized carbons (Fsp3) is 0.286. The molecule has 0 radical (unpaired) electrons. The summed E-state index contributed by atoms with van der Waals surface area (Å²) in [6.45, 7) is 4.72. The molecule has 1 fully saturated rings. The third-order valence-electron chi connectivity index (χ3n) is 4.57. The fourth-order valence-corrected chi connectivity index (χ4v) is 3.10. The van der Waals surface area contributed by atoms with Gasteiger partial charge in [0, 0.05) is 36.4 Å². The Morgan fingerprint density at radius 3 is 2.59 bits per heavy atom. The summed E-state index contributed by atoms with van der Waals surface area (Å²) in [7, 11) is 0. The maximum absolute atomic E-state index is 12.6. The van der Waals surface area contributed by atoms with Gasteiger partial charge in [0.15, 0.2) is 0 Å². The Morgan fingerprint density at radius 1 is 1.15 bits per heavy atom. The lowest BCUT2D eigenvalue weighted by atomic mass is 10.1. The normalized spacial score (nSPS) is 16.3. The van der Waals surface area contributed by atoms with E-state index in [0.29, 0.717) is 24.3 Å².